The Morgan fingerprint density at radius 1 is 0.933 bits per heavy atom. The number of carbonyl (C=O) groups is 2. The van der Waals surface area contributed by atoms with Crippen LogP contribution in [0.2, 0.25) is 0 Å². The summed E-state index contributed by atoms with van der Waals surface area (Å²) >= 11 is 0. The maximum atomic E-state index is 12.8. The van der Waals surface area contributed by atoms with Gasteiger partial charge in [-0.2, -0.15) is 0 Å². The third-order valence-electron chi connectivity index (χ3n) is 5.99. The zero-order valence-corrected chi connectivity index (χ0v) is 16.5. The van der Waals surface area contributed by atoms with Crippen LogP contribution in [0, 0.1) is 5.92 Å². The third-order valence-corrected chi connectivity index (χ3v) is 5.99. The fourth-order valence-corrected chi connectivity index (χ4v) is 4.36. The van der Waals surface area contributed by atoms with Gasteiger partial charge in [0.1, 0.15) is 11.4 Å². The molecule has 0 aliphatic heterocycles. The summed E-state index contributed by atoms with van der Waals surface area (Å²) in [7, 11) is 0. The largest absolute Gasteiger partial charge is 0.463 e. The number of amides is 2. The van der Waals surface area contributed by atoms with Gasteiger partial charge in [0.05, 0.1) is 23.6 Å². The number of hydrogen-bond donors (Lipinski definition) is 4. The molecule has 0 bridgehead atoms. The molecule has 0 radical (unpaired) electrons. The molecule has 156 valence electrons. The van der Waals surface area contributed by atoms with Crippen LogP contribution in [0.4, 0.5) is 0 Å². The van der Waals surface area contributed by atoms with Gasteiger partial charge in [-0.15, -0.1) is 0 Å². The predicted octanol–water partition coefficient (Wildman–Crippen LogP) is 3.94. The molecule has 1 saturated carbocycles. The first-order valence-corrected chi connectivity index (χ1v) is 10.4. The molecular formula is C22H24N4O4. The number of hydrogen-bond acceptors (Lipinski definition) is 4. The van der Waals surface area contributed by atoms with Crippen LogP contribution in [0.25, 0.3) is 22.2 Å². The van der Waals surface area contributed by atoms with Gasteiger partial charge in [-0.05, 0) is 18.8 Å². The van der Waals surface area contributed by atoms with E-state index in [4.69, 9.17) is 8.83 Å². The normalized spacial score (nSPS) is 16.1. The summed E-state index contributed by atoms with van der Waals surface area (Å²) in [5.41, 5.74) is 3.78. The van der Waals surface area contributed by atoms with E-state index in [1.54, 1.807) is 36.8 Å². The molecule has 1 unspecified atom stereocenters. The maximum Gasteiger partial charge on any atom is 0.268 e. The average Bonchev–Trinajstić information content (AvgIpc) is 3.51. The van der Waals surface area contributed by atoms with Crippen molar-refractivity contribution in [2.45, 2.75) is 38.1 Å². The lowest BCUT2D eigenvalue weighted by molar-refractivity contribution is 0.0878. The van der Waals surface area contributed by atoms with Gasteiger partial charge in [0.15, 0.2) is 11.2 Å². The standard InChI is InChI=1S/C22H24N4O4/c27-21(16-10-19-14(24-16)6-8-29-19)23-12-18(13-4-2-1-3-5-13)26-22(28)17-11-20-15(25-17)7-9-30-20/h6-11,13,18,24-25H,1-5,12H2,(H,23,27)(H,26,28). The molecule has 8 heteroatoms. The summed E-state index contributed by atoms with van der Waals surface area (Å²) in [5, 5.41) is 6.10. The molecule has 1 aliphatic carbocycles. The highest BCUT2D eigenvalue weighted by Gasteiger charge is 2.27. The number of nitrogens with one attached hydrogen (secondary N) is 4. The smallest absolute Gasteiger partial charge is 0.268 e. The Morgan fingerprint density at radius 3 is 2.13 bits per heavy atom. The molecule has 5 rings (SSSR count). The molecule has 0 saturated heterocycles. The van der Waals surface area contributed by atoms with Crippen molar-refractivity contribution < 1.29 is 18.4 Å². The van der Waals surface area contributed by atoms with Gasteiger partial charge in [-0.1, -0.05) is 19.3 Å². The Labute approximate surface area is 172 Å². The van der Waals surface area contributed by atoms with Crippen LogP contribution in [0.5, 0.6) is 0 Å². The van der Waals surface area contributed by atoms with E-state index in [0.29, 0.717) is 35.0 Å². The number of aromatic nitrogens is 2. The van der Waals surface area contributed by atoms with Crippen LogP contribution >= 0.6 is 0 Å². The molecule has 1 aliphatic rings. The van der Waals surface area contributed by atoms with E-state index < -0.39 is 0 Å². The highest BCUT2D eigenvalue weighted by Crippen LogP contribution is 2.27. The summed E-state index contributed by atoms with van der Waals surface area (Å²) in [6, 6.07) is 6.82. The Morgan fingerprint density at radius 2 is 1.53 bits per heavy atom. The van der Waals surface area contributed by atoms with Gasteiger partial charge in [0.2, 0.25) is 0 Å². The van der Waals surface area contributed by atoms with Crippen LogP contribution in [0.15, 0.2) is 45.6 Å². The van der Waals surface area contributed by atoms with Crippen molar-refractivity contribution in [2.24, 2.45) is 5.92 Å². The number of rotatable bonds is 6. The molecule has 2 amide bonds. The second kappa shape index (κ2) is 7.78. The Bertz CT molecular complexity index is 1120. The fraction of sp³-hybridized carbons (Fsp3) is 0.364. The van der Waals surface area contributed by atoms with Gasteiger partial charge < -0.3 is 29.4 Å². The molecule has 0 spiro atoms. The molecule has 4 aromatic rings. The zero-order chi connectivity index (χ0) is 20.5. The minimum Gasteiger partial charge on any atom is -0.463 e. The van der Waals surface area contributed by atoms with Crippen LogP contribution in [0.1, 0.15) is 53.1 Å². The first kappa shape index (κ1) is 18.6. The van der Waals surface area contributed by atoms with Crippen molar-refractivity contribution in [3.63, 3.8) is 0 Å². The Hall–Kier alpha value is -3.42. The second-order valence-electron chi connectivity index (χ2n) is 7.95. The van der Waals surface area contributed by atoms with Gasteiger partial charge in [0.25, 0.3) is 11.8 Å². The molecule has 4 heterocycles. The summed E-state index contributed by atoms with van der Waals surface area (Å²) in [4.78, 5) is 31.6. The molecular weight excluding hydrogens is 384 g/mol. The zero-order valence-electron chi connectivity index (χ0n) is 16.5. The number of carbonyl (C=O) groups excluding carboxylic acids is 2. The molecule has 1 atom stereocenters. The number of aromatic amines is 2. The van der Waals surface area contributed by atoms with E-state index in [1.165, 1.54) is 6.42 Å². The van der Waals surface area contributed by atoms with Gasteiger partial charge in [-0.25, -0.2) is 0 Å². The average molecular weight is 408 g/mol. The summed E-state index contributed by atoms with van der Waals surface area (Å²) in [6.45, 7) is 0.368. The van der Waals surface area contributed by atoms with E-state index in [9.17, 15) is 9.59 Å². The topological polar surface area (TPSA) is 116 Å². The van der Waals surface area contributed by atoms with E-state index in [2.05, 4.69) is 20.6 Å². The minimum absolute atomic E-state index is 0.144. The monoisotopic (exact) mass is 408 g/mol. The Kier molecular flexibility index (Phi) is 4.82. The molecule has 30 heavy (non-hydrogen) atoms. The van der Waals surface area contributed by atoms with Crippen molar-refractivity contribution in [2.75, 3.05) is 6.54 Å². The number of H-pyrrole nitrogens is 2. The predicted molar refractivity (Wildman–Crippen MR) is 111 cm³/mol. The van der Waals surface area contributed by atoms with Crippen molar-refractivity contribution in [1.29, 1.82) is 0 Å². The van der Waals surface area contributed by atoms with Crippen LogP contribution < -0.4 is 10.6 Å². The van der Waals surface area contributed by atoms with Gasteiger partial charge in [-0.3, -0.25) is 9.59 Å². The quantitative estimate of drug-likeness (QED) is 0.387. The number of fused-ring (bicyclic) bond motifs is 2. The molecule has 0 aromatic carbocycles. The van der Waals surface area contributed by atoms with Crippen LogP contribution in [-0.2, 0) is 0 Å². The lowest BCUT2D eigenvalue weighted by Gasteiger charge is -2.31. The van der Waals surface area contributed by atoms with Crippen molar-refractivity contribution >= 4 is 34.0 Å². The van der Waals surface area contributed by atoms with E-state index >= 15 is 0 Å². The van der Waals surface area contributed by atoms with E-state index in [-0.39, 0.29) is 17.9 Å². The third kappa shape index (κ3) is 3.60. The summed E-state index contributed by atoms with van der Waals surface area (Å²) in [6.07, 6.45) is 8.76. The highest BCUT2D eigenvalue weighted by molar-refractivity contribution is 5.98. The van der Waals surface area contributed by atoms with E-state index in [0.717, 1.165) is 36.7 Å². The SMILES string of the molecule is O=C(NCC(NC(=O)c1cc2occc2[nH]1)C1CCCCC1)c1cc2occc2[nH]1. The van der Waals surface area contributed by atoms with Crippen molar-refractivity contribution in [3.05, 3.63) is 48.2 Å². The maximum absolute atomic E-state index is 12.8. The lowest BCUT2D eigenvalue weighted by Crippen LogP contribution is -2.48. The first-order chi connectivity index (χ1) is 14.7. The number of furan rings is 2. The molecule has 4 N–H and O–H groups in total. The van der Waals surface area contributed by atoms with Crippen molar-refractivity contribution in [3.8, 4) is 0 Å². The minimum atomic E-state index is -0.214. The first-order valence-electron chi connectivity index (χ1n) is 10.4. The van der Waals surface area contributed by atoms with Crippen LogP contribution in [-0.4, -0.2) is 34.4 Å². The molecule has 4 aromatic heterocycles. The fourth-order valence-electron chi connectivity index (χ4n) is 4.36. The Balaban J connectivity index is 1.28. The molecule has 1 fully saturated rings. The van der Waals surface area contributed by atoms with Gasteiger partial charge in [0, 0.05) is 36.9 Å². The van der Waals surface area contributed by atoms with E-state index in [1.807, 2.05) is 0 Å². The van der Waals surface area contributed by atoms with Crippen LogP contribution in [0.3, 0.4) is 0 Å². The summed E-state index contributed by atoms with van der Waals surface area (Å²) in [5.74, 6) is -0.0710. The second-order valence-corrected chi connectivity index (χ2v) is 7.95. The van der Waals surface area contributed by atoms with Crippen molar-refractivity contribution in [1.82, 2.24) is 20.6 Å². The summed E-state index contributed by atoms with van der Waals surface area (Å²) < 4.78 is 10.6. The highest BCUT2D eigenvalue weighted by atomic mass is 16.3. The lowest BCUT2D eigenvalue weighted by atomic mass is 9.83. The van der Waals surface area contributed by atoms with Gasteiger partial charge >= 0.3 is 0 Å². The molecule has 8 nitrogen and oxygen atoms in total.